The highest BCUT2D eigenvalue weighted by atomic mass is 16.5. The second-order valence-electron chi connectivity index (χ2n) is 5.07. The highest BCUT2D eigenvalue weighted by Gasteiger charge is 2.28. The van der Waals surface area contributed by atoms with Crippen molar-refractivity contribution in [3.8, 4) is 0 Å². The van der Waals surface area contributed by atoms with E-state index in [0.717, 1.165) is 26.3 Å². The third-order valence-corrected chi connectivity index (χ3v) is 2.99. The number of amides is 1. The van der Waals surface area contributed by atoms with Crippen LogP contribution in [0, 0.1) is 0 Å². The van der Waals surface area contributed by atoms with Crippen molar-refractivity contribution in [1.29, 1.82) is 0 Å². The van der Waals surface area contributed by atoms with Gasteiger partial charge in [0.2, 0.25) is 5.91 Å². The van der Waals surface area contributed by atoms with Crippen LogP contribution in [-0.4, -0.2) is 55.0 Å². The number of Topliss-reactive ketones (excluding diaryl/α,β-unsaturated/α-hetero) is 1. The van der Waals surface area contributed by atoms with Crippen molar-refractivity contribution in [3.63, 3.8) is 0 Å². The summed E-state index contributed by atoms with van der Waals surface area (Å²) in [7, 11) is 0. The van der Waals surface area contributed by atoms with Gasteiger partial charge in [-0.05, 0) is 20.8 Å². The van der Waals surface area contributed by atoms with E-state index in [9.17, 15) is 9.59 Å². The zero-order valence-corrected chi connectivity index (χ0v) is 10.9. The Bertz CT molecular complexity index is 283. The zero-order valence-electron chi connectivity index (χ0n) is 10.9. The van der Waals surface area contributed by atoms with Crippen LogP contribution < -0.4 is 5.32 Å². The van der Waals surface area contributed by atoms with Gasteiger partial charge in [0.1, 0.15) is 5.78 Å². The summed E-state index contributed by atoms with van der Waals surface area (Å²) < 4.78 is 5.30. The molecule has 98 valence electrons. The minimum Gasteiger partial charge on any atom is -0.379 e. The van der Waals surface area contributed by atoms with E-state index in [0.29, 0.717) is 6.54 Å². The Morgan fingerprint density at radius 2 is 1.88 bits per heavy atom. The highest BCUT2D eigenvalue weighted by molar-refractivity contribution is 5.96. The molecule has 0 bridgehead atoms. The quantitative estimate of drug-likeness (QED) is 0.699. The molecular weight excluding hydrogens is 220 g/mol. The van der Waals surface area contributed by atoms with Gasteiger partial charge in [-0.3, -0.25) is 14.5 Å². The molecule has 0 aliphatic carbocycles. The van der Waals surface area contributed by atoms with E-state index in [1.807, 2.05) is 0 Å². The van der Waals surface area contributed by atoms with Crippen molar-refractivity contribution in [2.75, 3.05) is 32.8 Å². The zero-order chi connectivity index (χ0) is 12.9. The predicted octanol–water partition coefficient (Wildman–Crippen LogP) is 0.193. The lowest BCUT2D eigenvalue weighted by Gasteiger charge is -2.40. The SMILES string of the molecule is CC(=O)CC(=O)NCC(C)(C)N1CCOCC1. The highest BCUT2D eigenvalue weighted by Crippen LogP contribution is 2.14. The molecule has 1 rings (SSSR count). The first-order valence-electron chi connectivity index (χ1n) is 6.01. The summed E-state index contributed by atoms with van der Waals surface area (Å²) in [6.45, 7) is 9.41. The molecule has 5 heteroatoms. The number of ketones is 1. The molecule has 1 fully saturated rings. The number of hydrogen-bond acceptors (Lipinski definition) is 4. The van der Waals surface area contributed by atoms with Gasteiger partial charge in [-0.15, -0.1) is 0 Å². The summed E-state index contributed by atoms with van der Waals surface area (Å²) in [5.41, 5.74) is -0.101. The molecular formula is C12H22N2O3. The average molecular weight is 242 g/mol. The second-order valence-corrected chi connectivity index (χ2v) is 5.07. The summed E-state index contributed by atoms with van der Waals surface area (Å²) in [5.74, 6) is -0.300. The van der Waals surface area contributed by atoms with Crippen LogP contribution in [-0.2, 0) is 14.3 Å². The number of hydrogen-bond donors (Lipinski definition) is 1. The molecule has 1 heterocycles. The Kier molecular flexibility index (Phi) is 5.08. The topological polar surface area (TPSA) is 58.6 Å². The van der Waals surface area contributed by atoms with Gasteiger partial charge in [-0.1, -0.05) is 0 Å². The van der Waals surface area contributed by atoms with Gasteiger partial charge in [0.15, 0.2) is 0 Å². The number of nitrogens with one attached hydrogen (secondary N) is 1. The standard InChI is InChI=1S/C12H22N2O3/c1-10(15)8-11(16)13-9-12(2,3)14-4-6-17-7-5-14/h4-9H2,1-3H3,(H,13,16). The van der Waals surface area contributed by atoms with Crippen LogP contribution in [0.1, 0.15) is 27.2 Å². The van der Waals surface area contributed by atoms with Crippen molar-refractivity contribution in [2.24, 2.45) is 0 Å². The predicted molar refractivity (Wildman–Crippen MR) is 64.8 cm³/mol. The average Bonchev–Trinajstić information content (AvgIpc) is 2.27. The minimum absolute atomic E-state index is 0.0286. The normalized spacial score (nSPS) is 17.8. The molecule has 0 aromatic heterocycles. The molecule has 0 atom stereocenters. The van der Waals surface area contributed by atoms with Crippen molar-refractivity contribution in [3.05, 3.63) is 0 Å². The van der Waals surface area contributed by atoms with Crippen LogP contribution in [0.25, 0.3) is 0 Å². The number of rotatable bonds is 5. The Balaban J connectivity index is 2.37. The Hall–Kier alpha value is -0.940. The third-order valence-electron chi connectivity index (χ3n) is 2.99. The molecule has 0 unspecified atom stereocenters. The van der Waals surface area contributed by atoms with E-state index in [4.69, 9.17) is 4.74 Å². The van der Waals surface area contributed by atoms with Crippen LogP contribution in [0.2, 0.25) is 0 Å². The van der Waals surface area contributed by atoms with Crippen molar-refractivity contribution in [1.82, 2.24) is 10.2 Å². The van der Waals surface area contributed by atoms with Gasteiger partial charge in [0.25, 0.3) is 0 Å². The minimum atomic E-state index is -0.196. The number of carbonyl (C=O) groups is 2. The number of ether oxygens (including phenoxy) is 1. The van der Waals surface area contributed by atoms with E-state index < -0.39 is 0 Å². The lowest BCUT2D eigenvalue weighted by Crippen LogP contribution is -2.55. The fourth-order valence-electron chi connectivity index (χ4n) is 1.88. The Morgan fingerprint density at radius 3 is 2.41 bits per heavy atom. The molecule has 17 heavy (non-hydrogen) atoms. The summed E-state index contributed by atoms with van der Waals surface area (Å²) in [6, 6.07) is 0. The lowest BCUT2D eigenvalue weighted by atomic mass is 10.0. The molecule has 1 amide bonds. The maximum absolute atomic E-state index is 11.4. The van der Waals surface area contributed by atoms with Gasteiger partial charge in [-0.2, -0.15) is 0 Å². The first kappa shape index (κ1) is 14.1. The molecule has 1 aliphatic rings. The maximum Gasteiger partial charge on any atom is 0.227 e. The van der Waals surface area contributed by atoms with Crippen molar-refractivity contribution in [2.45, 2.75) is 32.7 Å². The Morgan fingerprint density at radius 1 is 1.29 bits per heavy atom. The molecule has 0 saturated carbocycles. The molecule has 0 spiro atoms. The van der Waals surface area contributed by atoms with Gasteiger partial charge in [0.05, 0.1) is 19.6 Å². The maximum atomic E-state index is 11.4. The van der Waals surface area contributed by atoms with E-state index in [-0.39, 0.29) is 23.7 Å². The molecule has 0 aromatic carbocycles. The lowest BCUT2D eigenvalue weighted by molar-refractivity contribution is -0.127. The van der Waals surface area contributed by atoms with E-state index in [1.165, 1.54) is 6.92 Å². The van der Waals surface area contributed by atoms with Crippen molar-refractivity contribution < 1.29 is 14.3 Å². The smallest absolute Gasteiger partial charge is 0.227 e. The summed E-state index contributed by atoms with van der Waals surface area (Å²) in [6.07, 6.45) is -0.0286. The van der Waals surface area contributed by atoms with Crippen molar-refractivity contribution >= 4 is 11.7 Å². The van der Waals surface area contributed by atoms with Crippen LogP contribution in [0.3, 0.4) is 0 Å². The third kappa shape index (κ3) is 4.83. The molecule has 0 aromatic rings. The molecule has 1 N–H and O–H groups in total. The summed E-state index contributed by atoms with van der Waals surface area (Å²) in [5, 5.41) is 2.81. The summed E-state index contributed by atoms with van der Waals surface area (Å²) in [4.78, 5) is 24.5. The number of carbonyl (C=O) groups excluding carboxylic acids is 2. The fraction of sp³-hybridized carbons (Fsp3) is 0.833. The van der Waals surface area contributed by atoms with E-state index >= 15 is 0 Å². The molecule has 0 radical (unpaired) electrons. The van der Waals surface area contributed by atoms with E-state index in [2.05, 4.69) is 24.1 Å². The van der Waals surface area contributed by atoms with Gasteiger partial charge < -0.3 is 10.1 Å². The first-order valence-corrected chi connectivity index (χ1v) is 6.01. The van der Waals surface area contributed by atoms with Gasteiger partial charge >= 0.3 is 0 Å². The molecule has 1 saturated heterocycles. The monoisotopic (exact) mass is 242 g/mol. The van der Waals surface area contributed by atoms with E-state index in [1.54, 1.807) is 0 Å². The molecule has 5 nitrogen and oxygen atoms in total. The first-order chi connectivity index (χ1) is 7.92. The van der Waals surface area contributed by atoms with Gasteiger partial charge in [0, 0.05) is 25.2 Å². The second kappa shape index (κ2) is 6.12. The van der Waals surface area contributed by atoms with Crippen LogP contribution >= 0.6 is 0 Å². The molecule has 1 aliphatic heterocycles. The summed E-state index contributed by atoms with van der Waals surface area (Å²) >= 11 is 0. The Labute approximate surface area is 102 Å². The van der Waals surface area contributed by atoms with Crippen LogP contribution in [0.4, 0.5) is 0 Å². The number of morpholine rings is 1. The largest absolute Gasteiger partial charge is 0.379 e. The fourth-order valence-corrected chi connectivity index (χ4v) is 1.88. The number of nitrogens with zero attached hydrogens (tertiary/aromatic N) is 1. The van der Waals surface area contributed by atoms with Gasteiger partial charge in [-0.25, -0.2) is 0 Å². The van der Waals surface area contributed by atoms with Crippen LogP contribution in [0.15, 0.2) is 0 Å². The van der Waals surface area contributed by atoms with Crippen LogP contribution in [0.5, 0.6) is 0 Å².